The van der Waals surface area contributed by atoms with Crippen molar-refractivity contribution < 1.29 is 9.53 Å². The van der Waals surface area contributed by atoms with Crippen LogP contribution >= 0.6 is 11.3 Å². The van der Waals surface area contributed by atoms with E-state index in [0.29, 0.717) is 17.9 Å². The number of thiophene rings is 1. The van der Waals surface area contributed by atoms with E-state index in [9.17, 15) is 4.79 Å². The van der Waals surface area contributed by atoms with Crippen molar-refractivity contribution in [2.24, 2.45) is 0 Å². The van der Waals surface area contributed by atoms with Crippen LogP contribution in [-0.4, -0.2) is 12.4 Å². The minimum absolute atomic E-state index is 0.0610. The van der Waals surface area contributed by atoms with E-state index in [0.717, 1.165) is 16.9 Å². The maximum atomic E-state index is 12.5. The van der Waals surface area contributed by atoms with Gasteiger partial charge in [0.25, 0.3) is 0 Å². The molecule has 0 atom stereocenters. The summed E-state index contributed by atoms with van der Waals surface area (Å²) in [5.74, 6) is 0.728. The van der Waals surface area contributed by atoms with E-state index < -0.39 is 0 Å². The molecule has 1 aromatic heterocycles. The van der Waals surface area contributed by atoms with Gasteiger partial charge >= 0.3 is 0 Å². The number of benzene rings is 1. The number of ether oxygens (including phenoxy) is 1. The summed E-state index contributed by atoms with van der Waals surface area (Å²) in [6, 6.07) is 9.44. The topological polar surface area (TPSA) is 26.3 Å². The molecule has 0 bridgehead atoms. The van der Waals surface area contributed by atoms with Gasteiger partial charge in [0.2, 0.25) is 5.78 Å². The van der Waals surface area contributed by atoms with E-state index >= 15 is 0 Å². The third-order valence-corrected chi connectivity index (χ3v) is 3.72. The van der Waals surface area contributed by atoms with Crippen LogP contribution in [0, 0.1) is 0 Å². The second-order valence-electron chi connectivity index (χ2n) is 3.89. The second-order valence-corrected chi connectivity index (χ2v) is 4.80. The highest BCUT2D eigenvalue weighted by molar-refractivity contribution is 7.12. The monoisotopic (exact) mass is 260 g/mol. The fourth-order valence-corrected chi connectivity index (χ4v) is 2.82. The zero-order chi connectivity index (χ0) is 13.0. The molecule has 0 amide bonds. The summed E-state index contributed by atoms with van der Waals surface area (Å²) in [6.07, 6.45) is 0.876. The molecular formula is C15H16O2S. The van der Waals surface area contributed by atoms with E-state index in [1.807, 2.05) is 42.6 Å². The average Bonchev–Trinajstić information content (AvgIpc) is 2.87. The number of hydrogen-bond acceptors (Lipinski definition) is 3. The lowest BCUT2D eigenvalue weighted by Gasteiger charge is -2.08. The molecule has 0 spiro atoms. The number of carbonyl (C=O) groups is 1. The summed E-state index contributed by atoms with van der Waals surface area (Å²) in [5, 5.41) is 1.97. The van der Waals surface area contributed by atoms with Crippen molar-refractivity contribution in [1.82, 2.24) is 0 Å². The van der Waals surface area contributed by atoms with Crippen LogP contribution in [0.5, 0.6) is 5.75 Å². The first kappa shape index (κ1) is 12.8. The highest BCUT2D eigenvalue weighted by Gasteiger charge is 2.17. The van der Waals surface area contributed by atoms with Crippen molar-refractivity contribution >= 4 is 17.1 Å². The molecule has 18 heavy (non-hydrogen) atoms. The van der Waals surface area contributed by atoms with E-state index in [4.69, 9.17) is 4.74 Å². The number of aryl methyl sites for hydroxylation is 1. The Morgan fingerprint density at radius 2 is 2.00 bits per heavy atom. The van der Waals surface area contributed by atoms with E-state index in [1.54, 1.807) is 0 Å². The molecule has 0 aliphatic carbocycles. The van der Waals surface area contributed by atoms with Crippen LogP contribution in [0.1, 0.15) is 34.6 Å². The average molecular weight is 260 g/mol. The fourth-order valence-electron chi connectivity index (χ4n) is 1.87. The molecule has 0 saturated carbocycles. The van der Waals surface area contributed by atoms with E-state index in [1.165, 1.54) is 11.3 Å². The van der Waals surface area contributed by atoms with Gasteiger partial charge in [0, 0.05) is 0 Å². The minimum atomic E-state index is 0.0610. The SMILES string of the molecule is CCOc1ccccc1C(=O)c1sccc1CC. The summed E-state index contributed by atoms with van der Waals surface area (Å²) in [6.45, 7) is 4.55. The summed E-state index contributed by atoms with van der Waals surface area (Å²) >= 11 is 1.50. The molecule has 2 nitrogen and oxygen atoms in total. The second kappa shape index (κ2) is 5.83. The number of rotatable bonds is 5. The van der Waals surface area contributed by atoms with Crippen molar-refractivity contribution in [3.05, 3.63) is 51.7 Å². The summed E-state index contributed by atoms with van der Waals surface area (Å²) in [7, 11) is 0. The normalized spacial score (nSPS) is 10.3. The summed E-state index contributed by atoms with van der Waals surface area (Å²) < 4.78 is 5.51. The zero-order valence-electron chi connectivity index (χ0n) is 10.6. The van der Waals surface area contributed by atoms with Gasteiger partial charge in [-0.15, -0.1) is 11.3 Å². The Bertz CT molecular complexity index is 543. The van der Waals surface area contributed by atoms with E-state index in [2.05, 4.69) is 6.92 Å². The molecule has 0 saturated heterocycles. The first-order chi connectivity index (χ1) is 8.77. The molecule has 0 fully saturated rings. The maximum absolute atomic E-state index is 12.5. The Hall–Kier alpha value is -1.61. The van der Waals surface area contributed by atoms with Crippen LogP contribution in [0.4, 0.5) is 0 Å². The van der Waals surface area contributed by atoms with Crippen LogP contribution < -0.4 is 4.74 Å². The van der Waals surface area contributed by atoms with Gasteiger partial charge in [-0.05, 0) is 42.5 Å². The quantitative estimate of drug-likeness (QED) is 0.761. The molecule has 94 valence electrons. The Balaban J connectivity index is 2.40. The number of carbonyl (C=O) groups excluding carboxylic acids is 1. The summed E-state index contributed by atoms with van der Waals surface area (Å²) in [4.78, 5) is 13.3. The van der Waals surface area contributed by atoms with Gasteiger partial charge in [-0.1, -0.05) is 19.1 Å². The molecule has 0 aliphatic heterocycles. The molecule has 2 rings (SSSR count). The molecule has 0 N–H and O–H groups in total. The lowest BCUT2D eigenvalue weighted by atomic mass is 10.0. The van der Waals surface area contributed by atoms with Crippen molar-refractivity contribution in [3.63, 3.8) is 0 Å². The smallest absolute Gasteiger partial charge is 0.206 e. The molecule has 2 aromatic rings. The molecule has 3 heteroatoms. The molecule has 0 unspecified atom stereocenters. The third kappa shape index (κ3) is 2.46. The van der Waals surface area contributed by atoms with E-state index in [-0.39, 0.29) is 5.78 Å². The largest absolute Gasteiger partial charge is 0.493 e. The van der Waals surface area contributed by atoms with Crippen LogP contribution in [-0.2, 0) is 6.42 Å². The van der Waals surface area contributed by atoms with Gasteiger partial charge in [0.1, 0.15) is 5.75 Å². The molecule has 0 aliphatic rings. The standard InChI is InChI=1S/C15H16O2S/c1-3-11-9-10-18-15(11)14(16)12-7-5-6-8-13(12)17-4-2/h5-10H,3-4H2,1-2H3. The van der Waals surface area contributed by atoms with Gasteiger partial charge in [0.15, 0.2) is 0 Å². The predicted molar refractivity (Wildman–Crippen MR) is 74.7 cm³/mol. The van der Waals surface area contributed by atoms with Gasteiger partial charge in [-0.2, -0.15) is 0 Å². The molecule has 1 aromatic carbocycles. The minimum Gasteiger partial charge on any atom is -0.493 e. The lowest BCUT2D eigenvalue weighted by Crippen LogP contribution is -2.05. The first-order valence-electron chi connectivity index (χ1n) is 6.10. The number of hydrogen-bond donors (Lipinski definition) is 0. The first-order valence-corrected chi connectivity index (χ1v) is 6.98. The summed E-state index contributed by atoms with van der Waals surface area (Å²) in [5.41, 5.74) is 1.76. The number of ketones is 1. The lowest BCUT2D eigenvalue weighted by molar-refractivity contribution is 0.103. The van der Waals surface area contributed by atoms with Crippen LogP contribution in [0.3, 0.4) is 0 Å². The molecule has 0 radical (unpaired) electrons. The van der Waals surface area contributed by atoms with Gasteiger partial charge in [-0.25, -0.2) is 0 Å². The van der Waals surface area contributed by atoms with Gasteiger partial charge in [0.05, 0.1) is 17.0 Å². The van der Waals surface area contributed by atoms with Crippen molar-refractivity contribution in [2.45, 2.75) is 20.3 Å². The van der Waals surface area contributed by atoms with Gasteiger partial charge < -0.3 is 4.74 Å². The highest BCUT2D eigenvalue weighted by Crippen LogP contribution is 2.26. The van der Waals surface area contributed by atoms with Crippen LogP contribution in [0.2, 0.25) is 0 Å². The van der Waals surface area contributed by atoms with Crippen molar-refractivity contribution in [3.8, 4) is 5.75 Å². The highest BCUT2D eigenvalue weighted by atomic mass is 32.1. The zero-order valence-corrected chi connectivity index (χ0v) is 11.4. The molecule has 1 heterocycles. The third-order valence-electron chi connectivity index (χ3n) is 2.77. The Labute approximate surface area is 111 Å². The van der Waals surface area contributed by atoms with Crippen molar-refractivity contribution in [2.75, 3.05) is 6.61 Å². The Morgan fingerprint density at radius 3 is 2.72 bits per heavy atom. The fraction of sp³-hybridized carbons (Fsp3) is 0.267. The van der Waals surface area contributed by atoms with Gasteiger partial charge in [-0.3, -0.25) is 4.79 Å². The Morgan fingerprint density at radius 1 is 1.22 bits per heavy atom. The number of para-hydroxylation sites is 1. The molecular weight excluding hydrogens is 244 g/mol. The van der Waals surface area contributed by atoms with Crippen LogP contribution in [0.25, 0.3) is 0 Å². The van der Waals surface area contributed by atoms with Crippen LogP contribution in [0.15, 0.2) is 35.7 Å². The predicted octanol–water partition coefficient (Wildman–Crippen LogP) is 3.94. The van der Waals surface area contributed by atoms with Crippen molar-refractivity contribution in [1.29, 1.82) is 0 Å². The maximum Gasteiger partial charge on any atom is 0.206 e. The Kier molecular flexibility index (Phi) is 4.15.